The van der Waals surface area contributed by atoms with Gasteiger partial charge in [-0.25, -0.2) is 0 Å². The van der Waals surface area contributed by atoms with Gasteiger partial charge in [0.1, 0.15) is 0 Å². The van der Waals surface area contributed by atoms with Gasteiger partial charge >= 0.3 is 0 Å². The van der Waals surface area contributed by atoms with Gasteiger partial charge in [-0.05, 0) is 44.6 Å². The molecule has 1 atom stereocenters. The molecule has 0 radical (unpaired) electrons. The van der Waals surface area contributed by atoms with Gasteiger partial charge in [0, 0.05) is 10.2 Å². The first-order valence-electron chi connectivity index (χ1n) is 6.51. The largest absolute Gasteiger partial charge is 0.398 e. The highest BCUT2D eigenvalue weighted by molar-refractivity contribution is 9.10. The number of nitrogens with one attached hydrogen (secondary N) is 1. The second-order valence-electron chi connectivity index (χ2n) is 4.55. The number of anilines is 1. The lowest BCUT2D eigenvalue weighted by Gasteiger charge is -2.27. The smallest absolute Gasteiger partial charge is 0.254 e. The Balaban J connectivity index is 2.90. The molecule has 19 heavy (non-hydrogen) atoms. The summed E-state index contributed by atoms with van der Waals surface area (Å²) in [6.45, 7) is 9.81. The molecule has 1 unspecified atom stereocenters. The van der Waals surface area contributed by atoms with Crippen molar-refractivity contribution in [3.63, 3.8) is 0 Å². The molecule has 0 fully saturated rings. The zero-order chi connectivity index (χ0) is 14.6. The Morgan fingerprint density at radius 1 is 1.42 bits per heavy atom. The zero-order valence-electron chi connectivity index (χ0n) is 12.0. The molecule has 0 aromatic heterocycles. The van der Waals surface area contributed by atoms with Crippen molar-refractivity contribution < 1.29 is 4.79 Å². The summed E-state index contributed by atoms with van der Waals surface area (Å²) >= 11 is 3.39. The average Bonchev–Trinajstić information content (AvgIpc) is 2.35. The second-order valence-corrected chi connectivity index (χ2v) is 5.47. The normalized spacial score (nSPS) is 12.5. The Morgan fingerprint density at radius 3 is 2.53 bits per heavy atom. The SMILES string of the molecule is CCN(CC)C(C)NC(=O)c1cc(Br)cc(C)c1N. The summed E-state index contributed by atoms with van der Waals surface area (Å²) < 4.78 is 0.861. The second kappa shape index (κ2) is 6.91. The minimum Gasteiger partial charge on any atom is -0.398 e. The summed E-state index contributed by atoms with van der Waals surface area (Å²) in [7, 11) is 0. The van der Waals surface area contributed by atoms with Crippen LogP contribution in [0.4, 0.5) is 5.69 Å². The monoisotopic (exact) mass is 327 g/mol. The molecular formula is C14H22BrN3O. The lowest BCUT2D eigenvalue weighted by atomic mass is 10.1. The number of benzene rings is 1. The number of carbonyl (C=O) groups is 1. The van der Waals surface area contributed by atoms with Crippen molar-refractivity contribution in [1.29, 1.82) is 0 Å². The van der Waals surface area contributed by atoms with Gasteiger partial charge < -0.3 is 11.1 Å². The van der Waals surface area contributed by atoms with E-state index in [0.717, 1.165) is 23.1 Å². The highest BCUT2D eigenvalue weighted by Crippen LogP contribution is 2.23. The van der Waals surface area contributed by atoms with Gasteiger partial charge in [0.2, 0.25) is 0 Å². The highest BCUT2D eigenvalue weighted by Gasteiger charge is 2.17. The topological polar surface area (TPSA) is 58.4 Å². The van der Waals surface area contributed by atoms with Crippen LogP contribution in [0.25, 0.3) is 0 Å². The van der Waals surface area contributed by atoms with Crippen LogP contribution in [0.15, 0.2) is 16.6 Å². The number of aryl methyl sites for hydroxylation is 1. The lowest BCUT2D eigenvalue weighted by molar-refractivity contribution is 0.0876. The summed E-state index contributed by atoms with van der Waals surface area (Å²) in [6, 6.07) is 3.66. The number of nitrogen functional groups attached to an aromatic ring is 1. The van der Waals surface area contributed by atoms with Gasteiger partial charge in [-0.1, -0.05) is 29.8 Å². The van der Waals surface area contributed by atoms with Crippen LogP contribution < -0.4 is 11.1 Å². The van der Waals surface area contributed by atoms with E-state index in [4.69, 9.17) is 5.73 Å². The minimum absolute atomic E-state index is 0.0128. The van der Waals surface area contributed by atoms with Crippen molar-refractivity contribution in [2.24, 2.45) is 0 Å². The average molecular weight is 328 g/mol. The summed E-state index contributed by atoms with van der Waals surface area (Å²) in [4.78, 5) is 14.4. The Labute approximate surface area is 123 Å². The van der Waals surface area contributed by atoms with Crippen molar-refractivity contribution >= 4 is 27.5 Å². The molecule has 106 valence electrons. The molecule has 1 amide bonds. The third kappa shape index (κ3) is 3.94. The number of amides is 1. The Bertz CT molecular complexity index is 458. The molecular weight excluding hydrogens is 306 g/mol. The number of rotatable bonds is 5. The Hall–Kier alpha value is -1.07. The number of hydrogen-bond donors (Lipinski definition) is 2. The van der Waals surface area contributed by atoms with E-state index in [1.807, 2.05) is 19.9 Å². The van der Waals surface area contributed by atoms with Crippen LogP contribution >= 0.6 is 15.9 Å². The van der Waals surface area contributed by atoms with Crippen LogP contribution in [-0.4, -0.2) is 30.1 Å². The van der Waals surface area contributed by atoms with E-state index >= 15 is 0 Å². The van der Waals surface area contributed by atoms with E-state index in [1.54, 1.807) is 6.07 Å². The van der Waals surface area contributed by atoms with Crippen molar-refractivity contribution in [3.8, 4) is 0 Å². The van der Waals surface area contributed by atoms with E-state index in [2.05, 4.69) is 40.0 Å². The minimum atomic E-state index is -0.138. The van der Waals surface area contributed by atoms with Crippen LogP contribution in [0, 0.1) is 6.92 Å². The molecule has 0 spiro atoms. The molecule has 1 aromatic rings. The molecule has 3 N–H and O–H groups in total. The molecule has 0 saturated carbocycles. The molecule has 0 aliphatic rings. The third-order valence-corrected chi connectivity index (χ3v) is 3.75. The molecule has 5 heteroatoms. The number of carbonyl (C=O) groups excluding carboxylic acids is 1. The predicted octanol–water partition coefficient (Wildman–Crippen LogP) is 2.76. The molecule has 1 rings (SSSR count). The van der Waals surface area contributed by atoms with Gasteiger partial charge in [0.25, 0.3) is 5.91 Å². The maximum Gasteiger partial charge on any atom is 0.254 e. The first kappa shape index (κ1) is 16.0. The molecule has 0 bridgehead atoms. The van der Waals surface area contributed by atoms with Crippen molar-refractivity contribution in [3.05, 3.63) is 27.7 Å². The van der Waals surface area contributed by atoms with Gasteiger partial charge in [0.05, 0.1) is 11.7 Å². The number of hydrogen-bond acceptors (Lipinski definition) is 3. The Kier molecular flexibility index (Phi) is 5.82. The fraction of sp³-hybridized carbons (Fsp3) is 0.500. The highest BCUT2D eigenvalue weighted by atomic mass is 79.9. The molecule has 0 aliphatic heterocycles. The maximum absolute atomic E-state index is 12.3. The van der Waals surface area contributed by atoms with Crippen LogP contribution in [-0.2, 0) is 0 Å². The summed E-state index contributed by atoms with van der Waals surface area (Å²) in [6.07, 6.45) is -0.0128. The van der Waals surface area contributed by atoms with Gasteiger partial charge in [-0.2, -0.15) is 0 Å². The van der Waals surface area contributed by atoms with E-state index in [1.165, 1.54) is 0 Å². The summed E-state index contributed by atoms with van der Waals surface area (Å²) in [5.74, 6) is -0.138. The Morgan fingerprint density at radius 2 is 2.00 bits per heavy atom. The summed E-state index contributed by atoms with van der Waals surface area (Å²) in [5.41, 5.74) is 7.93. The molecule has 1 aromatic carbocycles. The standard InChI is InChI=1S/C14H22BrN3O/c1-5-18(6-2)10(4)17-14(19)12-8-11(15)7-9(3)13(12)16/h7-8,10H,5-6,16H2,1-4H3,(H,17,19). The molecule has 0 saturated heterocycles. The van der Waals surface area contributed by atoms with Crippen molar-refractivity contribution in [1.82, 2.24) is 10.2 Å². The van der Waals surface area contributed by atoms with E-state index < -0.39 is 0 Å². The third-order valence-electron chi connectivity index (χ3n) is 3.30. The first-order valence-corrected chi connectivity index (χ1v) is 7.30. The molecule has 0 heterocycles. The van der Waals surface area contributed by atoms with Gasteiger partial charge in [-0.15, -0.1) is 0 Å². The van der Waals surface area contributed by atoms with Crippen LogP contribution in [0.5, 0.6) is 0 Å². The summed E-state index contributed by atoms with van der Waals surface area (Å²) in [5, 5.41) is 2.98. The lowest BCUT2D eigenvalue weighted by Crippen LogP contribution is -2.46. The number of halogens is 1. The van der Waals surface area contributed by atoms with Crippen LogP contribution in [0.3, 0.4) is 0 Å². The first-order chi connectivity index (χ1) is 8.90. The molecule has 4 nitrogen and oxygen atoms in total. The van der Waals surface area contributed by atoms with Crippen molar-refractivity contribution in [2.75, 3.05) is 18.8 Å². The van der Waals surface area contributed by atoms with Gasteiger partial charge in [0.15, 0.2) is 0 Å². The van der Waals surface area contributed by atoms with E-state index in [9.17, 15) is 4.79 Å². The van der Waals surface area contributed by atoms with Crippen LogP contribution in [0.1, 0.15) is 36.7 Å². The molecule has 0 aliphatic carbocycles. The maximum atomic E-state index is 12.3. The zero-order valence-corrected chi connectivity index (χ0v) is 13.5. The number of nitrogens with zero attached hydrogens (tertiary/aromatic N) is 1. The quantitative estimate of drug-likeness (QED) is 0.645. The fourth-order valence-corrected chi connectivity index (χ4v) is 2.64. The van der Waals surface area contributed by atoms with E-state index in [-0.39, 0.29) is 12.1 Å². The van der Waals surface area contributed by atoms with E-state index in [0.29, 0.717) is 11.3 Å². The number of nitrogens with two attached hydrogens (primary N) is 1. The van der Waals surface area contributed by atoms with Crippen LogP contribution in [0.2, 0.25) is 0 Å². The fourth-order valence-electron chi connectivity index (χ4n) is 2.07. The van der Waals surface area contributed by atoms with Gasteiger partial charge in [-0.3, -0.25) is 9.69 Å². The van der Waals surface area contributed by atoms with Crippen molar-refractivity contribution in [2.45, 2.75) is 33.9 Å². The predicted molar refractivity (Wildman–Crippen MR) is 83.1 cm³/mol.